The Morgan fingerprint density at radius 2 is 1.82 bits per heavy atom. The lowest BCUT2D eigenvalue weighted by Gasteiger charge is -2.65. The number of ketones is 1. The van der Waals surface area contributed by atoms with E-state index in [1.807, 2.05) is 0 Å². The number of carbonyl (C=O) groups is 3. The predicted octanol–water partition coefficient (Wildman–Crippen LogP) is 4.07. The van der Waals surface area contributed by atoms with Crippen LogP contribution in [0, 0.1) is 34.0 Å². The van der Waals surface area contributed by atoms with Crippen LogP contribution in [0.4, 0.5) is 0 Å². The normalized spacial score (nSPS) is 47.1. The van der Waals surface area contributed by atoms with Crippen molar-refractivity contribution in [1.82, 2.24) is 0 Å². The zero-order valence-corrected chi connectivity index (χ0v) is 17.7. The van der Waals surface area contributed by atoms with Crippen LogP contribution in [0.15, 0.2) is 0 Å². The first kappa shape index (κ1) is 19.9. The van der Waals surface area contributed by atoms with Crippen LogP contribution < -0.4 is 0 Å². The molecule has 1 spiro atoms. The van der Waals surface area contributed by atoms with E-state index in [0.29, 0.717) is 30.6 Å². The number of fused-ring (bicyclic) bond motifs is 3. The van der Waals surface area contributed by atoms with Crippen molar-refractivity contribution in [2.45, 2.75) is 85.2 Å². The van der Waals surface area contributed by atoms with Crippen molar-refractivity contribution in [3.63, 3.8) is 0 Å². The summed E-state index contributed by atoms with van der Waals surface area (Å²) in [5.41, 5.74) is -0.200. The lowest BCUT2D eigenvalue weighted by molar-refractivity contribution is -0.220. The Hall–Kier alpha value is -1.39. The van der Waals surface area contributed by atoms with Crippen molar-refractivity contribution in [1.29, 1.82) is 0 Å². The van der Waals surface area contributed by atoms with Crippen LogP contribution in [0.25, 0.3) is 0 Å². The summed E-state index contributed by atoms with van der Waals surface area (Å²) in [6, 6.07) is 0. The van der Waals surface area contributed by atoms with E-state index < -0.39 is 0 Å². The maximum atomic E-state index is 12.7. The SMILES string of the molecule is CC(=O)OC[C@@]1(C)CCC[C@]2(C)[C@@H]1C[C@H](OC(C)=O)[C@]13CC(=O)[C@H](CC[C@@H]21)C3. The molecular formula is C23H34O5. The first-order valence-corrected chi connectivity index (χ1v) is 10.9. The highest BCUT2D eigenvalue weighted by atomic mass is 16.5. The first-order chi connectivity index (χ1) is 13.1. The highest BCUT2D eigenvalue weighted by molar-refractivity contribution is 5.85. The van der Waals surface area contributed by atoms with Gasteiger partial charge in [0, 0.05) is 37.0 Å². The van der Waals surface area contributed by atoms with Crippen molar-refractivity contribution >= 4 is 17.7 Å². The molecule has 0 amide bonds. The molecule has 7 atom stereocenters. The van der Waals surface area contributed by atoms with Crippen molar-refractivity contribution in [2.24, 2.45) is 34.0 Å². The summed E-state index contributed by atoms with van der Waals surface area (Å²) >= 11 is 0. The van der Waals surface area contributed by atoms with Gasteiger partial charge in [0.15, 0.2) is 0 Å². The van der Waals surface area contributed by atoms with Crippen molar-refractivity contribution < 1.29 is 23.9 Å². The summed E-state index contributed by atoms with van der Waals surface area (Å²) in [4.78, 5) is 36.2. The molecule has 4 aliphatic rings. The minimum atomic E-state index is -0.249. The summed E-state index contributed by atoms with van der Waals surface area (Å²) in [6.45, 7) is 8.02. The maximum Gasteiger partial charge on any atom is 0.302 e. The number of hydrogen-bond acceptors (Lipinski definition) is 5. The van der Waals surface area contributed by atoms with Crippen molar-refractivity contribution in [3.05, 3.63) is 0 Å². The van der Waals surface area contributed by atoms with Gasteiger partial charge in [0.1, 0.15) is 11.9 Å². The molecule has 0 unspecified atom stereocenters. The Morgan fingerprint density at radius 1 is 1.07 bits per heavy atom. The fourth-order valence-electron chi connectivity index (χ4n) is 8.00. The molecule has 4 fully saturated rings. The molecule has 4 rings (SSSR count). The molecule has 5 nitrogen and oxygen atoms in total. The summed E-state index contributed by atoms with van der Waals surface area (Å²) in [7, 11) is 0. The zero-order chi connectivity index (χ0) is 20.3. The summed E-state index contributed by atoms with van der Waals surface area (Å²) in [6.07, 6.45) is 7.35. The van der Waals surface area contributed by atoms with Crippen LogP contribution >= 0.6 is 0 Å². The van der Waals surface area contributed by atoms with Gasteiger partial charge in [-0.15, -0.1) is 0 Å². The largest absolute Gasteiger partial charge is 0.465 e. The smallest absolute Gasteiger partial charge is 0.302 e. The van der Waals surface area contributed by atoms with Crippen LogP contribution in [0.5, 0.6) is 0 Å². The van der Waals surface area contributed by atoms with E-state index in [4.69, 9.17) is 9.47 Å². The van der Waals surface area contributed by atoms with Gasteiger partial charge in [-0.2, -0.15) is 0 Å². The molecule has 0 aliphatic heterocycles. The van der Waals surface area contributed by atoms with Crippen LogP contribution in [-0.2, 0) is 23.9 Å². The van der Waals surface area contributed by atoms with E-state index >= 15 is 0 Å². The van der Waals surface area contributed by atoms with Crippen LogP contribution in [0.2, 0.25) is 0 Å². The zero-order valence-electron chi connectivity index (χ0n) is 17.7. The standard InChI is InChI=1S/C23H34O5/c1-14(24)27-13-21(3)8-5-9-22(4)18-7-6-16-11-23(18,12-17(16)26)20(10-19(21)22)28-15(2)25/h16,18-20H,5-13H2,1-4H3/t16-,18+,19-,20+,21-,22+,23-/m1/s1. The molecule has 28 heavy (non-hydrogen) atoms. The molecule has 0 N–H and O–H groups in total. The Bertz CT molecular complexity index is 701. The monoisotopic (exact) mass is 390 g/mol. The molecule has 2 bridgehead atoms. The topological polar surface area (TPSA) is 69.7 Å². The Kier molecular flexibility index (Phi) is 4.67. The number of ether oxygens (including phenoxy) is 2. The number of hydrogen-bond donors (Lipinski definition) is 0. The quantitative estimate of drug-likeness (QED) is 0.679. The maximum absolute atomic E-state index is 12.7. The van der Waals surface area contributed by atoms with E-state index in [9.17, 15) is 14.4 Å². The van der Waals surface area contributed by atoms with Gasteiger partial charge in [-0.3, -0.25) is 14.4 Å². The second-order valence-corrected chi connectivity index (χ2v) is 10.6. The molecule has 4 aliphatic carbocycles. The highest BCUT2D eigenvalue weighted by Gasteiger charge is 2.69. The molecule has 0 heterocycles. The lowest BCUT2D eigenvalue weighted by Crippen LogP contribution is -2.62. The highest BCUT2D eigenvalue weighted by Crippen LogP contribution is 2.71. The molecule has 0 aromatic carbocycles. The molecule has 4 saturated carbocycles. The average Bonchev–Trinajstić information content (AvgIpc) is 2.85. The molecule has 0 aromatic rings. The van der Waals surface area contributed by atoms with Gasteiger partial charge < -0.3 is 9.47 Å². The predicted molar refractivity (Wildman–Crippen MR) is 103 cm³/mol. The Balaban J connectivity index is 1.74. The number of Topliss-reactive ketones (excluding diaryl/α,β-unsaturated/α-hetero) is 1. The summed E-state index contributed by atoms with van der Waals surface area (Å²) in [5, 5.41) is 0. The Labute approximate surface area is 167 Å². The lowest BCUT2D eigenvalue weighted by atomic mass is 9.40. The average molecular weight is 391 g/mol. The van der Waals surface area contributed by atoms with E-state index in [1.54, 1.807) is 0 Å². The summed E-state index contributed by atoms with van der Waals surface area (Å²) in [5.74, 6) is 0.758. The van der Waals surface area contributed by atoms with Gasteiger partial charge >= 0.3 is 11.9 Å². The number of carbonyl (C=O) groups excluding carboxylic acids is 3. The fraction of sp³-hybridized carbons (Fsp3) is 0.870. The third-order valence-corrected chi connectivity index (χ3v) is 8.98. The van der Waals surface area contributed by atoms with Crippen molar-refractivity contribution in [3.8, 4) is 0 Å². The molecule has 5 heteroatoms. The first-order valence-electron chi connectivity index (χ1n) is 10.9. The van der Waals surface area contributed by atoms with Crippen LogP contribution in [0.3, 0.4) is 0 Å². The van der Waals surface area contributed by atoms with Gasteiger partial charge in [0.2, 0.25) is 0 Å². The van der Waals surface area contributed by atoms with Gasteiger partial charge in [-0.25, -0.2) is 0 Å². The minimum Gasteiger partial charge on any atom is -0.465 e. The second-order valence-electron chi connectivity index (χ2n) is 10.6. The Morgan fingerprint density at radius 3 is 2.50 bits per heavy atom. The molecular weight excluding hydrogens is 356 g/mol. The molecule has 156 valence electrons. The van der Waals surface area contributed by atoms with E-state index in [0.717, 1.165) is 44.9 Å². The second kappa shape index (κ2) is 6.56. The molecule has 0 aromatic heterocycles. The van der Waals surface area contributed by atoms with E-state index in [1.165, 1.54) is 13.8 Å². The van der Waals surface area contributed by atoms with Gasteiger partial charge in [-0.05, 0) is 55.8 Å². The fourth-order valence-corrected chi connectivity index (χ4v) is 8.00. The molecule has 0 saturated heterocycles. The van der Waals surface area contributed by atoms with E-state index in [-0.39, 0.29) is 40.2 Å². The third-order valence-electron chi connectivity index (χ3n) is 8.98. The van der Waals surface area contributed by atoms with Crippen LogP contribution in [0.1, 0.15) is 79.1 Å². The number of rotatable bonds is 3. The molecule has 0 radical (unpaired) electrons. The van der Waals surface area contributed by atoms with Gasteiger partial charge in [0.05, 0.1) is 6.61 Å². The van der Waals surface area contributed by atoms with Gasteiger partial charge in [0.25, 0.3) is 0 Å². The summed E-state index contributed by atoms with van der Waals surface area (Å²) < 4.78 is 11.5. The van der Waals surface area contributed by atoms with Crippen LogP contribution in [-0.4, -0.2) is 30.4 Å². The number of esters is 2. The van der Waals surface area contributed by atoms with E-state index in [2.05, 4.69) is 13.8 Å². The third kappa shape index (κ3) is 2.83. The van der Waals surface area contributed by atoms with Crippen molar-refractivity contribution in [2.75, 3.05) is 6.61 Å². The minimum absolute atomic E-state index is 0.0966. The van der Waals surface area contributed by atoms with Gasteiger partial charge in [-0.1, -0.05) is 20.3 Å².